The minimum atomic E-state index is -1.44. The number of rotatable bonds is 3. The summed E-state index contributed by atoms with van der Waals surface area (Å²) in [5, 5.41) is 0. The number of carbonyl (C=O) groups is 1. The molecule has 0 amide bonds. The summed E-state index contributed by atoms with van der Waals surface area (Å²) in [4.78, 5) is 10.3. The summed E-state index contributed by atoms with van der Waals surface area (Å²) in [6.45, 7) is 0. The van der Waals surface area contributed by atoms with E-state index in [1.165, 1.54) is 0 Å². The van der Waals surface area contributed by atoms with E-state index in [1.54, 1.807) is 0 Å². The van der Waals surface area contributed by atoms with Gasteiger partial charge < -0.3 is 0 Å². The van der Waals surface area contributed by atoms with Crippen molar-refractivity contribution in [1.29, 1.82) is 0 Å². The molecule has 0 aromatic carbocycles. The second-order valence-corrected chi connectivity index (χ2v) is 2.89. The van der Waals surface area contributed by atoms with Gasteiger partial charge in [-0.05, 0) is 0 Å². The van der Waals surface area contributed by atoms with Crippen molar-refractivity contribution in [3.8, 4) is 0 Å². The van der Waals surface area contributed by atoms with E-state index in [4.69, 9.17) is 5.73 Å². The van der Waals surface area contributed by atoms with Crippen LogP contribution in [0.1, 0.15) is 0 Å². The Labute approximate surface area is 58.8 Å². The van der Waals surface area contributed by atoms with Gasteiger partial charge in [0, 0.05) is 0 Å². The van der Waals surface area contributed by atoms with Gasteiger partial charge in [-0.15, -0.1) is 0 Å². The number of thiol groups is 1. The molecule has 0 aliphatic carbocycles. The van der Waals surface area contributed by atoms with Crippen molar-refractivity contribution in [1.82, 2.24) is 0 Å². The van der Waals surface area contributed by atoms with Crippen molar-refractivity contribution in [3.05, 3.63) is 0 Å². The van der Waals surface area contributed by atoms with Crippen molar-refractivity contribution >= 4 is 32.2 Å². The second-order valence-electron chi connectivity index (χ2n) is 1.22. The summed E-state index contributed by atoms with van der Waals surface area (Å²) in [5.41, 5.74) is 5.12. The van der Waals surface area contributed by atoms with Crippen LogP contribution in [0.15, 0.2) is 0 Å². The summed E-state index contributed by atoms with van der Waals surface area (Å²) in [7, 11) is 0. The molecular weight excluding hydrogens is 193 g/mol. The van der Waals surface area contributed by atoms with Gasteiger partial charge in [0.25, 0.3) is 0 Å². The van der Waals surface area contributed by atoms with E-state index in [0.29, 0.717) is 0 Å². The average Bonchev–Trinajstić information content (AvgIpc) is 1.84. The van der Waals surface area contributed by atoms with Crippen LogP contribution in [-0.2, 0) is 8.63 Å². The van der Waals surface area contributed by atoms with Crippen LogP contribution in [0.2, 0.25) is 0 Å². The number of hydrogen-bond acceptors (Lipinski definition) is 4. The molecule has 0 aromatic rings. The molecule has 0 unspecified atom stereocenters. The first-order chi connectivity index (χ1) is 3.72. The molecule has 1 atom stereocenters. The van der Waals surface area contributed by atoms with Gasteiger partial charge >= 0.3 is 58.4 Å². The first-order valence-electron chi connectivity index (χ1n) is 1.96. The van der Waals surface area contributed by atoms with Gasteiger partial charge in [-0.3, -0.25) is 0 Å². The van der Waals surface area contributed by atoms with Crippen molar-refractivity contribution in [3.63, 3.8) is 0 Å². The van der Waals surface area contributed by atoms with Gasteiger partial charge in [-0.2, -0.15) is 0 Å². The van der Waals surface area contributed by atoms with Crippen molar-refractivity contribution < 1.29 is 8.63 Å². The zero-order valence-electron chi connectivity index (χ0n) is 4.07. The second kappa shape index (κ2) is 4.21. The molecule has 0 bridgehead atoms. The van der Waals surface area contributed by atoms with Gasteiger partial charge in [-0.25, -0.2) is 0 Å². The molecule has 0 aliphatic heterocycles. The topological polar surface area (TPSA) is 60.2 Å². The molecule has 3 nitrogen and oxygen atoms in total. The number of hydrogen-bond donors (Lipinski definition) is 2. The first-order valence-corrected chi connectivity index (χ1v) is 4.29. The van der Waals surface area contributed by atoms with Crippen LogP contribution in [0.25, 0.3) is 0 Å². The average molecular weight is 200 g/mol. The summed E-state index contributed by atoms with van der Waals surface area (Å²) in [6.07, 6.45) is 0. The fourth-order valence-electron chi connectivity index (χ4n) is 0.146. The van der Waals surface area contributed by atoms with Crippen LogP contribution in [-0.4, -0.2) is 31.4 Å². The Balaban J connectivity index is 3.62. The molecular formula is C3H7NO2SSe. The summed E-state index contributed by atoms with van der Waals surface area (Å²) >= 11 is 2.30. The van der Waals surface area contributed by atoms with Crippen LogP contribution in [0.4, 0.5) is 0 Å². The monoisotopic (exact) mass is 201 g/mol. The summed E-state index contributed by atoms with van der Waals surface area (Å²) in [6, 6.07) is -0.629. The Morgan fingerprint density at radius 1 is 1.88 bits per heavy atom. The molecule has 0 rings (SSSR count). The van der Waals surface area contributed by atoms with E-state index >= 15 is 0 Å². The van der Waals surface area contributed by atoms with Crippen molar-refractivity contribution in [2.75, 3.05) is 5.75 Å². The van der Waals surface area contributed by atoms with Crippen molar-refractivity contribution in [2.45, 2.75) is 6.04 Å². The van der Waals surface area contributed by atoms with E-state index in [9.17, 15) is 8.63 Å². The molecule has 8 heavy (non-hydrogen) atoms. The third kappa shape index (κ3) is 2.57. The van der Waals surface area contributed by atoms with Crippen LogP contribution in [0.3, 0.4) is 0 Å². The van der Waals surface area contributed by atoms with E-state index in [-0.39, 0.29) is 10.4 Å². The summed E-state index contributed by atoms with van der Waals surface area (Å²) < 4.78 is 9.48. The number of carbonyl (C=O) groups excluding carboxylic acids is 1. The number of nitrogens with two attached hydrogens (primary N) is 1. The van der Waals surface area contributed by atoms with Gasteiger partial charge in [0.15, 0.2) is 0 Å². The molecule has 0 fully saturated rings. The molecule has 0 saturated carbocycles. The van der Waals surface area contributed by atoms with E-state index < -0.39 is 20.9 Å². The zero-order valence-corrected chi connectivity index (χ0v) is 6.84. The van der Waals surface area contributed by atoms with Gasteiger partial charge in [0.05, 0.1) is 0 Å². The predicted octanol–water partition coefficient (Wildman–Crippen LogP) is -1.45. The molecule has 0 spiro atoms. The molecule has 0 aliphatic rings. The molecule has 2 N–H and O–H groups in total. The third-order valence-electron chi connectivity index (χ3n) is 0.604. The Kier molecular flexibility index (Phi) is 4.36. The maximum atomic E-state index is 10.3. The Bertz CT molecular complexity index is 107. The van der Waals surface area contributed by atoms with Crippen LogP contribution in [0.5, 0.6) is 0 Å². The Morgan fingerprint density at radius 3 is 2.50 bits per heavy atom. The SMILES string of the molecule is N[C@@H](CS)C(=O)[SeH]=O. The molecule has 0 saturated heterocycles. The minimum absolute atomic E-state index is 0.275. The van der Waals surface area contributed by atoms with Crippen molar-refractivity contribution in [2.24, 2.45) is 5.73 Å². The standard InChI is InChI=1S/C3H7NO2SSe/c4-2(1-7)3(5)8-6/h2,7-8H,1,4H2/t2-/m0/s1. The predicted molar refractivity (Wildman–Crippen MR) is 34.7 cm³/mol. The zero-order chi connectivity index (χ0) is 6.57. The fourth-order valence-corrected chi connectivity index (χ4v) is 1.10. The quantitative estimate of drug-likeness (QED) is 0.433. The summed E-state index contributed by atoms with van der Waals surface area (Å²) in [5.74, 6) is 0.275. The Hall–Kier alpha value is 0.299. The third-order valence-corrected chi connectivity index (χ3v) is 2.07. The molecule has 0 aromatic heterocycles. The van der Waals surface area contributed by atoms with Crippen LogP contribution >= 0.6 is 12.6 Å². The molecule has 0 radical (unpaired) electrons. The van der Waals surface area contributed by atoms with Crippen LogP contribution < -0.4 is 5.73 Å². The van der Waals surface area contributed by atoms with E-state index in [1.807, 2.05) is 0 Å². The van der Waals surface area contributed by atoms with Gasteiger partial charge in [0.1, 0.15) is 0 Å². The fraction of sp³-hybridized carbons (Fsp3) is 0.667. The van der Waals surface area contributed by atoms with E-state index in [2.05, 4.69) is 12.6 Å². The normalized spacial score (nSPS) is 13.2. The molecule has 0 heterocycles. The van der Waals surface area contributed by atoms with E-state index in [0.717, 1.165) is 0 Å². The molecule has 5 heteroatoms. The Morgan fingerprint density at radius 2 is 2.38 bits per heavy atom. The van der Waals surface area contributed by atoms with Gasteiger partial charge in [-0.1, -0.05) is 0 Å². The van der Waals surface area contributed by atoms with Crippen LogP contribution in [0, 0.1) is 0 Å². The maximum absolute atomic E-state index is 10.3. The van der Waals surface area contributed by atoms with Gasteiger partial charge in [0.2, 0.25) is 0 Å². The first kappa shape index (κ1) is 8.30. The molecule has 48 valence electrons.